The third-order valence-electron chi connectivity index (χ3n) is 5.16. The SMILES string of the molecule is COc1cc(-c2cc(C(=O)NCCc3ccco3)c3ccccc3n2)cc(OC)c1OC. The van der Waals surface area contributed by atoms with Gasteiger partial charge in [0.25, 0.3) is 5.91 Å². The van der Waals surface area contributed by atoms with Crippen molar-refractivity contribution in [2.45, 2.75) is 6.42 Å². The second kappa shape index (κ2) is 9.43. The molecule has 32 heavy (non-hydrogen) atoms. The molecule has 7 heteroatoms. The Balaban J connectivity index is 1.73. The van der Waals surface area contributed by atoms with Crippen molar-refractivity contribution in [3.05, 3.63) is 72.2 Å². The normalized spacial score (nSPS) is 10.7. The first-order chi connectivity index (χ1) is 15.6. The topological polar surface area (TPSA) is 82.8 Å². The van der Waals surface area contributed by atoms with Gasteiger partial charge in [-0.25, -0.2) is 4.98 Å². The fraction of sp³-hybridized carbons (Fsp3) is 0.200. The summed E-state index contributed by atoms with van der Waals surface area (Å²) in [6.07, 6.45) is 2.23. The Bertz CT molecular complexity index is 1210. The summed E-state index contributed by atoms with van der Waals surface area (Å²) in [7, 11) is 4.68. The first-order valence-electron chi connectivity index (χ1n) is 10.2. The van der Waals surface area contributed by atoms with Crippen molar-refractivity contribution in [2.75, 3.05) is 27.9 Å². The summed E-state index contributed by atoms with van der Waals surface area (Å²) in [6.45, 7) is 0.461. The summed E-state index contributed by atoms with van der Waals surface area (Å²) in [5.41, 5.74) is 2.63. The molecule has 2 aromatic heterocycles. The molecule has 0 saturated carbocycles. The van der Waals surface area contributed by atoms with Crippen LogP contribution in [-0.4, -0.2) is 38.8 Å². The van der Waals surface area contributed by atoms with Crippen LogP contribution in [0.5, 0.6) is 17.2 Å². The quantitative estimate of drug-likeness (QED) is 0.442. The number of fused-ring (bicyclic) bond motifs is 1. The molecule has 4 aromatic rings. The first kappa shape index (κ1) is 21.2. The van der Waals surface area contributed by atoms with Gasteiger partial charge in [-0.15, -0.1) is 0 Å². The van der Waals surface area contributed by atoms with E-state index in [2.05, 4.69) is 5.32 Å². The highest BCUT2D eigenvalue weighted by molar-refractivity contribution is 6.07. The number of amides is 1. The number of para-hydroxylation sites is 1. The van der Waals surface area contributed by atoms with Gasteiger partial charge in [-0.1, -0.05) is 18.2 Å². The second-order valence-electron chi connectivity index (χ2n) is 7.07. The molecule has 0 fully saturated rings. The summed E-state index contributed by atoms with van der Waals surface area (Å²) < 4.78 is 21.7. The van der Waals surface area contributed by atoms with Crippen LogP contribution in [0.25, 0.3) is 22.2 Å². The number of rotatable bonds is 8. The molecule has 0 aliphatic heterocycles. The van der Waals surface area contributed by atoms with Gasteiger partial charge in [0.2, 0.25) is 5.75 Å². The fourth-order valence-electron chi connectivity index (χ4n) is 3.59. The van der Waals surface area contributed by atoms with E-state index in [0.717, 1.165) is 22.2 Å². The molecule has 2 heterocycles. The van der Waals surface area contributed by atoms with Crippen LogP contribution in [0.1, 0.15) is 16.1 Å². The highest BCUT2D eigenvalue weighted by Crippen LogP contribution is 2.41. The number of ether oxygens (including phenoxy) is 3. The Morgan fingerprint density at radius 3 is 2.38 bits per heavy atom. The fourth-order valence-corrected chi connectivity index (χ4v) is 3.59. The number of methoxy groups -OCH3 is 3. The van der Waals surface area contributed by atoms with Gasteiger partial charge >= 0.3 is 0 Å². The molecular formula is C25H24N2O5. The van der Waals surface area contributed by atoms with Gasteiger partial charge < -0.3 is 23.9 Å². The van der Waals surface area contributed by atoms with E-state index in [4.69, 9.17) is 23.6 Å². The average molecular weight is 432 g/mol. The summed E-state index contributed by atoms with van der Waals surface area (Å²) >= 11 is 0. The van der Waals surface area contributed by atoms with Crippen LogP contribution in [0, 0.1) is 0 Å². The molecule has 1 amide bonds. The lowest BCUT2D eigenvalue weighted by molar-refractivity contribution is 0.0955. The Morgan fingerprint density at radius 1 is 0.969 bits per heavy atom. The third-order valence-corrected chi connectivity index (χ3v) is 5.16. The lowest BCUT2D eigenvalue weighted by atomic mass is 10.0. The number of benzene rings is 2. The standard InChI is InChI=1S/C25H24N2O5/c1-29-22-13-16(14-23(30-2)24(22)31-3)21-15-19(18-8-4-5-9-20(18)27-21)25(28)26-11-10-17-7-6-12-32-17/h4-9,12-15H,10-11H2,1-3H3,(H,26,28). The number of aromatic nitrogens is 1. The molecule has 0 unspecified atom stereocenters. The van der Waals surface area contributed by atoms with Crippen molar-refractivity contribution in [1.29, 1.82) is 0 Å². The van der Waals surface area contributed by atoms with E-state index in [-0.39, 0.29) is 5.91 Å². The predicted molar refractivity (Wildman–Crippen MR) is 122 cm³/mol. The number of hydrogen-bond acceptors (Lipinski definition) is 6. The van der Waals surface area contributed by atoms with Crippen molar-refractivity contribution in [3.63, 3.8) is 0 Å². The number of carbonyl (C=O) groups is 1. The number of hydrogen-bond donors (Lipinski definition) is 1. The smallest absolute Gasteiger partial charge is 0.252 e. The van der Waals surface area contributed by atoms with Crippen LogP contribution in [0.2, 0.25) is 0 Å². The van der Waals surface area contributed by atoms with Gasteiger partial charge in [-0.2, -0.15) is 0 Å². The zero-order valence-corrected chi connectivity index (χ0v) is 18.2. The Kier molecular flexibility index (Phi) is 6.26. The summed E-state index contributed by atoms with van der Waals surface area (Å²) in [6, 6.07) is 16.7. The van der Waals surface area contributed by atoms with Gasteiger partial charge in [0, 0.05) is 23.9 Å². The molecule has 0 aliphatic rings. The van der Waals surface area contributed by atoms with Crippen LogP contribution in [0.15, 0.2) is 65.3 Å². The zero-order valence-electron chi connectivity index (χ0n) is 18.2. The maximum absolute atomic E-state index is 13.1. The van der Waals surface area contributed by atoms with Gasteiger partial charge in [-0.3, -0.25) is 4.79 Å². The molecular weight excluding hydrogens is 408 g/mol. The van der Waals surface area contributed by atoms with Crippen molar-refractivity contribution in [2.24, 2.45) is 0 Å². The Morgan fingerprint density at radius 2 is 1.72 bits per heavy atom. The Labute approximate surface area is 185 Å². The van der Waals surface area contributed by atoms with E-state index in [0.29, 0.717) is 41.5 Å². The van der Waals surface area contributed by atoms with Crippen LogP contribution in [0.3, 0.4) is 0 Å². The minimum absolute atomic E-state index is 0.177. The van der Waals surface area contributed by atoms with Crippen molar-refractivity contribution in [3.8, 4) is 28.5 Å². The lowest BCUT2D eigenvalue weighted by Crippen LogP contribution is -2.26. The lowest BCUT2D eigenvalue weighted by Gasteiger charge is -2.15. The minimum atomic E-state index is -0.177. The maximum Gasteiger partial charge on any atom is 0.252 e. The second-order valence-corrected chi connectivity index (χ2v) is 7.07. The largest absolute Gasteiger partial charge is 0.493 e. The van der Waals surface area contributed by atoms with E-state index < -0.39 is 0 Å². The maximum atomic E-state index is 13.1. The number of furan rings is 1. The van der Waals surface area contributed by atoms with E-state index in [1.807, 2.05) is 48.5 Å². The van der Waals surface area contributed by atoms with Crippen LogP contribution in [0.4, 0.5) is 0 Å². The molecule has 4 rings (SSSR count). The average Bonchev–Trinajstić information content (AvgIpc) is 3.35. The molecule has 0 saturated heterocycles. The van der Waals surface area contributed by atoms with E-state index in [1.54, 1.807) is 33.7 Å². The summed E-state index contributed by atoms with van der Waals surface area (Å²) in [5, 5.41) is 3.75. The zero-order chi connectivity index (χ0) is 22.5. The molecule has 0 atom stereocenters. The van der Waals surface area contributed by atoms with Crippen LogP contribution >= 0.6 is 0 Å². The van der Waals surface area contributed by atoms with Gasteiger partial charge in [0.15, 0.2) is 11.5 Å². The molecule has 0 radical (unpaired) electrons. The molecule has 1 N–H and O–H groups in total. The monoisotopic (exact) mass is 432 g/mol. The highest BCUT2D eigenvalue weighted by atomic mass is 16.5. The minimum Gasteiger partial charge on any atom is -0.493 e. The van der Waals surface area contributed by atoms with E-state index in [1.165, 1.54) is 0 Å². The summed E-state index contributed by atoms with van der Waals surface area (Å²) in [5.74, 6) is 2.17. The number of pyridine rings is 1. The van der Waals surface area contributed by atoms with Crippen LogP contribution in [-0.2, 0) is 6.42 Å². The third kappa shape index (κ3) is 4.23. The number of nitrogens with zero attached hydrogens (tertiary/aromatic N) is 1. The Hall–Kier alpha value is -4.00. The predicted octanol–water partition coefficient (Wildman–Crippen LogP) is 4.49. The van der Waals surface area contributed by atoms with Gasteiger partial charge in [-0.05, 0) is 36.4 Å². The van der Waals surface area contributed by atoms with Gasteiger partial charge in [0.1, 0.15) is 5.76 Å². The molecule has 0 spiro atoms. The van der Waals surface area contributed by atoms with Crippen molar-refractivity contribution in [1.82, 2.24) is 10.3 Å². The molecule has 7 nitrogen and oxygen atoms in total. The summed E-state index contributed by atoms with van der Waals surface area (Å²) in [4.78, 5) is 17.8. The molecule has 0 bridgehead atoms. The first-order valence-corrected chi connectivity index (χ1v) is 10.2. The van der Waals surface area contributed by atoms with Crippen LogP contribution < -0.4 is 19.5 Å². The van der Waals surface area contributed by atoms with E-state index >= 15 is 0 Å². The van der Waals surface area contributed by atoms with E-state index in [9.17, 15) is 4.79 Å². The molecule has 0 aliphatic carbocycles. The highest BCUT2D eigenvalue weighted by Gasteiger charge is 2.18. The number of carbonyl (C=O) groups excluding carboxylic acids is 1. The van der Waals surface area contributed by atoms with Gasteiger partial charge in [0.05, 0.1) is 44.4 Å². The molecule has 2 aromatic carbocycles. The van der Waals surface area contributed by atoms with Crippen molar-refractivity contribution >= 4 is 16.8 Å². The van der Waals surface area contributed by atoms with Crippen molar-refractivity contribution < 1.29 is 23.4 Å². The molecule has 164 valence electrons. The number of nitrogens with one attached hydrogen (secondary N) is 1.